The molecule has 1 amide bonds. The number of nitrogens with zero attached hydrogens (tertiary/aromatic N) is 1. The molecule has 0 aliphatic heterocycles. The molecule has 2 N–H and O–H groups in total. The third kappa shape index (κ3) is 5.56. The van der Waals surface area contributed by atoms with E-state index in [1.807, 2.05) is 30.3 Å². The summed E-state index contributed by atoms with van der Waals surface area (Å²) in [6, 6.07) is 11.4. The van der Waals surface area contributed by atoms with Crippen LogP contribution in [0.4, 0.5) is 5.69 Å². The Morgan fingerprint density at radius 2 is 1.77 bits per heavy atom. The first kappa shape index (κ1) is 18.4. The van der Waals surface area contributed by atoms with E-state index < -0.39 is 0 Å². The Kier molecular flexibility index (Phi) is 7.02. The summed E-state index contributed by atoms with van der Waals surface area (Å²) in [6.07, 6.45) is 11.1. The van der Waals surface area contributed by atoms with Crippen LogP contribution in [-0.2, 0) is 11.4 Å². The van der Waals surface area contributed by atoms with Crippen LogP contribution >= 0.6 is 0 Å². The number of rotatable bonds is 7. The number of aromatic nitrogens is 1. The number of carbonyl (C=O) groups excluding carboxylic acids is 1. The van der Waals surface area contributed by atoms with Crippen LogP contribution in [0.5, 0.6) is 0 Å². The Bertz CT molecular complexity index is 683. The molecule has 1 aliphatic rings. The van der Waals surface area contributed by atoms with Gasteiger partial charge < -0.3 is 5.32 Å². The summed E-state index contributed by atoms with van der Waals surface area (Å²) in [5.41, 5.74) is 5.10. The highest BCUT2D eigenvalue weighted by molar-refractivity contribution is 5.98. The lowest BCUT2D eigenvalue weighted by molar-refractivity contribution is 0.0141. The van der Waals surface area contributed by atoms with Gasteiger partial charge in [0.05, 0.1) is 12.2 Å². The number of para-hydroxylation sites is 1. The first-order valence-corrected chi connectivity index (χ1v) is 9.47. The predicted octanol–water partition coefficient (Wildman–Crippen LogP) is 4.33. The molecule has 0 saturated heterocycles. The van der Waals surface area contributed by atoms with Gasteiger partial charge in [-0.3, -0.25) is 14.6 Å². The largest absolute Gasteiger partial charge is 0.380 e. The van der Waals surface area contributed by atoms with Gasteiger partial charge in [0.15, 0.2) is 0 Å². The van der Waals surface area contributed by atoms with Crippen LogP contribution in [0.25, 0.3) is 0 Å². The number of amides is 1. The van der Waals surface area contributed by atoms with E-state index in [1.54, 1.807) is 18.5 Å². The highest BCUT2D eigenvalue weighted by atomic mass is 16.6. The van der Waals surface area contributed by atoms with Gasteiger partial charge in [0.2, 0.25) is 0 Å². The van der Waals surface area contributed by atoms with Gasteiger partial charge in [-0.25, -0.2) is 5.48 Å². The van der Waals surface area contributed by atoms with E-state index in [4.69, 9.17) is 4.84 Å². The molecule has 5 heteroatoms. The van der Waals surface area contributed by atoms with E-state index in [0.29, 0.717) is 24.6 Å². The number of carbonyl (C=O) groups is 1. The highest BCUT2D eigenvalue weighted by Gasteiger charge is 2.15. The number of nitrogens with one attached hydrogen (secondary N) is 2. The van der Waals surface area contributed by atoms with E-state index >= 15 is 0 Å². The molecule has 138 valence electrons. The van der Waals surface area contributed by atoms with Gasteiger partial charge in [-0.1, -0.05) is 37.8 Å². The van der Waals surface area contributed by atoms with E-state index in [9.17, 15) is 4.79 Å². The lowest BCUT2D eigenvalue weighted by Gasteiger charge is -2.15. The molecular weight excluding hydrogens is 326 g/mol. The van der Waals surface area contributed by atoms with Crippen molar-refractivity contribution in [3.63, 3.8) is 0 Å². The Balaban J connectivity index is 1.52. The minimum atomic E-state index is -0.212. The van der Waals surface area contributed by atoms with Crippen molar-refractivity contribution in [3.05, 3.63) is 59.9 Å². The number of hydroxylamine groups is 1. The molecule has 0 spiro atoms. The minimum Gasteiger partial charge on any atom is -0.380 e. The maximum Gasteiger partial charge on any atom is 0.276 e. The highest BCUT2D eigenvalue weighted by Crippen LogP contribution is 2.23. The average molecular weight is 353 g/mol. The Hall–Kier alpha value is -2.40. The summed E-state index contributed by atoms with van der Waals surface area (Å²) in [4.78, 5) is 22.0. The number of hydrogen-bond acceptors (Lipinski definition) is 4. The van der Waals surface area contributed by atoms with Crippen LogP contribution in [0.1, 0.15) is 54.4 Å². The second kappa shape index (κ2) is 9.92. The predicted molar refractivity (Wildman–Crippen MR) is 103 cm³/mol. The molecule has 1 aliphatic carbocycles. The average Bonchev–Trinajstić information content (AvgIpc) is 2.96. The summed E-state index contributed by atoms with van der Waals surface area (Å²) in [5, 5.41) is 3.31. The number of anilines is 1. The fourth-order valence-corrected chi connectivity index (χ4v) is 3.34. The van der Waals surface area contributed by atoms with E-state index in [-0.39, 0.29) is 5.91 Å². The van der Waals surface area contributed by atoms with Crippen LogP contribution in [0.2, 0.25) is 0 Å². The summed E-state index contributed by atoms with van der Waals surface area (Å²) in [5.74, 6) is 0.342. The van der Waals surface area contributed by atoms with Gasteiger partial charge in [0, 0.05) is 24.6 Å². The molecule has 0 bridgehead atoms. The third-order valence-electron chi connectivity index (χ3n) is 4.86. The molecule has 1 aromatic carbocycles. The molecule has 3 rings (SSSR count). The van der Waals surface area contributed by atoms with Crippen molar-refractivity contribution >= 4 is 11.6 Å². The van der Waals surface area contributed by atoms with Gasteiger partial charge in [-0.05, 0) is 48.6 Å². The van der Waals surface area contributed by atoms with Crippen LogP contribution in [-0.4, -0.2) is 17.5 Å². The van der Waals surface area contributed by atoms with Crippen molar-refractivity contribution in [1.29, 1.82) is 0 Å². The zero-order valence-corrected chi connectivity index (χ0v) is 15.1. The zero-order valence-electron chi connectivity index (χ0n) is 15.1. The quantitative estimate of drug-likeness (QED) is 0.575. The topological polar surface area (TPSA) is 63.2 Å². The Labute approximate surface area is 155 Å². The Morgan fingerprint density at radius 1 is 1.04 bits per heavy atom. The van der Waals surface area contributed by atoms with Crippen LogP contribution in [0, 0.1) is 5.92 Å². The van der Waals surface area contributed by atoms with E-state index in [2.05, 4.69) is 15.8 Å². The van der Waals surface area contributed by atoms with Crippen molar-refractivity contribution in [2.75, 3.05) is 11.9 Å². The van der Waals surface area contributed by atoms with Crippen molar-refractivity contribution in [2.45, 2.75) is 45.1 Å². The minimum absolute atomic E-state index is 0.212. The molecule has 1 aromatic heterocycles. The molecular formula is C21H27N3O2. The van der Waals surface area contributed by atoms with Crippen molar-refractivity contribution in [3.8, 4) is 0 Å². The van der Waals surface area contributed by atoms with E-state index in [0.717, 1.165) is 11.3 Å². The van der Waals surface area contributed by atoms with Gasteiger partial charge in [-0.15, -0.1) is 0 Å². The van der Waals surface area contributed by atoms with Gasteiger partial charge in [0.1, 0.15) is 0 Å². The first-order valence-electron chi connectivity index (χ1n) is 9.47. The second-order valence-corrected chi connectivity index (χ2v) is 6.85. The summed E-state index contributed by atoms with van der Waals surface area (Å²) in [6.45, 7) is 1.23. The maximum atomic E-state index is 12.5. The molecule has 5 nitrogen and oxygen atoms in total. The number of benzene rings is 1. The van der Waals surface area contributed by atoms with Crippen molar-refractivity contribution < 1.29 is 9.63 Å². The molecule has 26 heavy (non-hydrogen) atoms. The van der Waals surface area contributed by atoms with Gasteiger partial charge in [0.25, 0.3) is 5.91 Å². The van der Waals surface area contributed by atoms with Crippen molar-refractivity contribution in [1.82, 2.24) is 10.5 Å². The molecule has 2 aromatic rings. The summed E-state index contributed by atoms with van der Waals surface area (Å²) in [7, 11) is 0. The molecule has 1 saturated carbocycles. The first-order chi connectivity index (χ1) is 12.8. The third-order valence-corrected chi connectivity index (χ3v) is 4.86. The Morgan fingerprint density at radius 3 is 2.54 bits per heavy atom. The number of pyridine rings is 1. The fraction of sp³-hybridized carbons (Fsp3) is 0.429. The van der Waals surface area contributed by atoms with Crippen molar-refractivity contribution in [2.24, 2.45) is 5.92 Å². The molecule has 0 atom stereocenters. The van der Waals surface area contributed by atoms with E-state index in [1.165, 1.54) is 38.5 Å². The molecule has 0 radical (unpaired) electrons. The number of hydrogen-bond donors (Lipinski definition) is 2. The summed E-state index contributed by atoms with van der Waals surface area (Å²) < 4.78 is 0. The smallest absolute Gasteiger partial charge is 0.276 e. The lowest BCUT2D eigenvalue weighted by atomic mass is 10.0. The monoisotopic (exact) mass is 353 g/mol. The lowest BCUT2D eigenvalue weighted by Crippen LogP contribution is -2.27. The zero-order chi connectivity index (χ0) is 18.0. The van der Waals surface area contributed by atoms with Crippen LogP contribution in [0.3, 0.4) is 0 Å². The van der Waals surface area contributed by atoms with Crippen LogP contribution < -0.4 is 10.8 Å². The maximum absolute atomic E-state index is 12.5. The van der Waals surface area contributed by atoms with Gasteiger partial charge in [-0.2, -0.15) is 0 Å². The SMILES string of the molecule is O=C(NOCC1CCCCCC1)c1ccccc1NCc1ccncc1. The molecule has 1 fully saturated rings. The van der Waals surface area contributed by atoms with Crippen LogP contribution in [0.15, 0.2) is 48.8 Å². The normalized spacial score (nSPS) is 15.2. The second-order valence-electron chi connectivity index (χ2n) is 6.85. The summed E-state index contributed by atoms with van der Waals surface area (Å²) >= 11 is 0. The fourth-order valence-electron chi connectivity index (χ4n) is 3.34. The standard InChI is InChI=1S/C21H27N3O2/c25-21(24-26-16-18-7-3-1-2-4-8-18)19-9-5-6-10-20(19)23-15-17-11-13-22-14-12-17/h5-6,9-14,18,23H,1-4,7-8,15-16H2,(H,24,25). The molecule has 0 unspecified atom stereocenters. The van der Waals surface area contributed by atoms with Gasteiger partial charge >= 0.3 is 0 Å². The molecule has 1 heterocycles.